The van der Waals surface area contributed by atoms with Gasteiger partial charge in [-0.1, -0.05) is 24.6 Å². The van der Waals surface area contributed by atoms with Crippen molar-refractivity contribution in [3.63, 3.8) is 0 Å². The van der Waals surface area contributed by atoms with Crippen molar-refractivity contribution < 1.29 is 8.78 Å². The largest absolute Gasteiger partial charge is 0.310 e. The van der Waals surface area contributed by atoms with Crippen molar-refractivity contribution in [3.8, 4) is 0 Å². The van der Waals surface area contributed by atoms with Gasteiger partial charge in [-0.25, -0.2) is 8.78 Å². The van der Waals surface area contributed by atoms with E-state index in [4.69, 9.17) is 0 Å². The van der Waals surface area contributed by atoms with Gasteiger partial charge >= 0.3 is 0 Å². The first-order valence-corrected chi connectivity index (χ1v) is 7.57. The van der Waals surface area contributed by atoms with Crippen molar-refractivity contribution in [1.29, 1.82) is 0 Å². The minimum Gasteiger partial charge on any atom is -0.310 e. The Labute approximate surface area is 120 Å². The van der Waals surface area contributed by atoms with Crippen molar-refractivity contribution in [2.75, 3.05) is 6.54 Å². The number of hydrogen-bond donors (Lipinski definition) is 1. The molecule has 0 spiro atoms. The zero-order chi connectivity index (χ0) is 14.4. The highest BCUT2D eigenvalue weighted by Crippen LogP contribution is 2.28. The Kier molecular flexibility index (Phi) is 5.72. The maximum Gasteiger partial charge on any atom is 0.159 e. The van der Waals surface area contributed by atoms with Gasteiger partial charge in [0.2, 0.25) is 0 Å². The molecule has 1 aromatic rings. The molecule has 0 aromatic heterocycles. The van der Waals surface area contributed by atoms with Gasteiger partial charge in [0.1, 0.15) is 0 Å². The molecule has 1 atom stereocenters. The number of hydrogen-bond acceptors (Lipinski definition) is 1. The normalized spacial score (nSPS) is 16.9. The van der Waals surface area contributed by atoms with Gasteiger partial charge in [-0.2, -0.15) is 0 Å². The molecule has 110 valence electrons. The molecule has 1 aliphatic carbocycles. The highest BCUT2D eigenvalue weighted by molar-refractivity contribution is 5.23. The Morgan fingerprint density at radius 3 is 2.70 bits per heavy atom. The van der Waals surface area contributed by atoms with Crippen LogP contribution in [0, 0.1) is 11.6 Å². The van der Waals surface area contributed by atoms with Gasteiger partial charge in [-0.15, -0.1) is 0 Å². The summed E-state index contributed by atoms with van der Waals surface area (Å²) in [7, 11) is 0. The summed E-state index contributed by atoms with van der Waals surface area (Å²) in [5.41, 5.74) is 2.28. The molecule has 20 heavy (non-hydrogen) atoms. The highest BCUT2D eigenvalue weighted by Gasteiger charge is 2.16. The van der Waals surface area contributed by atoms with Gasteiger partial charge in [0.25, 0.3) is 0 Å². The van der Waals surface area contributed by atoms with Crippen molar-refractivity contribution >= 4 is 0 Å². The van der Waals surface area contributed by atoms with Crippen LogP contribution in [0.25, 0.3) is 0 Å². The third kappa shape index (κ3) is 4.14. The highest BCUT2D eigenvalue weighted by atomic mass is 19.2. The average Bonchev–Trinajstić information content (AvgIpc) is 2.47. The fourth-order valence-electron chi connectivity index (χ4n) is 2.71. The summed E-state index contributed by atoms with van der Waals surface area (Å²) >= 11 is 0. The van der Waals surface area contributed by atoms with Crippen LogP contribution in [0.2, 0.25) is 0 Å². The van der Waals surface area contributed by atoms with E-state index in [9.17, 15) is 8.78 Å². The van der Waals surface area contributed by atoms with Crippen molar-refractivity contribution in [1.82, 2.24) is 5.32 Å². The van der Waals surface area contributed by atoms with Gasteiger partial charge in [-0.3, -0.25) is 0 Å². The van der Waals surface area contributed by atoms with E-state index in [1.165, 1.54) is 30.5 Å². The molecule has 0 saturated carbocycles. The molecule has 1 aliphatic rings. The molecule has 3 heteroatoms. The van der Waals surface area contributed by atoms with E-state index in [-0.39, 0.29) is 6.04 Å². The molecule has 2 rings (SSSR count). The molecule has 1 nitrogen and oxygen atoms in total. The van der Waals surface area contributed by atoms with E-state index >= 15 is 0 Å². The molecule has 1 N–H and O–H groups in total. The average molecular weight is 279 g/mol. The summed E-state index contributed by atoms with van der Waals surface area (Å²) in [5, 5.41) is 3.45. The summed E-state index contributed by atoms with van der Waals surface area (Å²) < 4.78 is 26.5. The van der Waals surface area contributed by atoms with Gasteiger partial charge in [0, 0.05) is 6.04 Å². The van der Waals surface area contributed by atoms with E-state index < -0.39 is 11.6 Å². The van der Waals surface area contributed by atoms with Gasteiger partial charge < -0.3 is 5.32 Å². The van der Waals surface area contributed by atoms with E-state index in [2.05, 4.69) is 18.3 Å². The standard InChI is InChI=1S/C17H23F2N/c1-2-10-20-17(11-13-6-4-3-5-7-13)14-8-9-15(18)16(19)12-14/h6,8-9,12,17,20H,2-5,7,10-11H2,1H3. The molecule has 0 amide bonds. The third-order valence-electron chi connectivity index (χ3n) is 3.84. The zero-order valence-electron chi connectivity index (χ0n) is 12.1. The maximum atomic E-state index is 13.4. The number of rotatable bonds is 6. The van der Waals surface area contributed by atoms with Crippen LogP contribution in [0.4, 0.5) is 8.78 Å². The van der Waals surface area contributed by atoms with Crippen LogP contribution in [0.15, 0.2) is 29.8 Å². The second-order valence-corrected chi connectivity index (χ2v) is 5.49. The topological polar surface area (TPSA) is 12.0 Å². The van der Waals surface area contributed by atoms with E-state index in [0.29, 0.717) is 0 Å². The lowest BCUT2D eigenvalue weighted by Gasteiger charge is -2.22. The van der Waals surface area contributed by atoms with E-state index in [1.807, 2.05) is 0 Å². The maximum absolute atomic E-state index is 13.4. The molecule has 0 aliphatic heterocycles. The zero-order valence-corrected chi connectivity index (χ0v) is 12.1. The van der Waals surface area contributed by atoms with Crippen LogP contribution >= 0.6 is 0 Å². The summed E-state index contributed by atoms with van der Waals surface area (Å²) in [4.78, 5) is 0. The minimum absolute atomic E-state index is 0.0781. The molecular formula is C17H23F2N. The predicted octanol–water partition coefficient (Wildman–Crippen LogP) is 4.90. The molecule has 0 heterocycles. The third-order valence-corrected chi connectivity index (χ3v) is 3.84. The molecule has 0 bridgehead atoms. The van der Waals surface area contributed by atoms with Gasteiger partial charge in [0.15, 0.2) is 11.6 Å². The Balaban J connectivity index is 2.12. The van der Waals surface area contributed by atoms with Crippen LogP contribution in [0.5, 0.6) is 0 Å². The second-order valence-electron chi connectivity index (χ2n) is 5.49. The number of allylic oxidation sites excluding steroid dienone is 1. The van der Waals surface area contributed by atoms with Crippen LogP contribution < -0.4 is 5.32 Å². The summed E-state index contributed by atoms with van der Waals surface area (Å²) in [5.74, 6) is -1.54. The van der Waals surface area contributed by atoms with Crippen LogP contribution in [0.3, 0.4) is 0 Å². The molecule has 0 saturated heterocycles. The fraction of sp³-hybridized carbons (Fsp3) is 0.529. The molecule has 1 aromatic carbocycles. The molecule has 0 fully saturated rings. The van der Waals surface area contributed by atoms with E-state index in [0.717, 1.165) is 37.8 Å². The smallest absolute Gasteiger partial charge is 0.159 e. The minimum atomic E-state index is -0.778. The summed E-state index contributed by atoms with van der Waals surface area (Å²) in [6, 6.07) is 4.32. The lowest BCUT2D eigenvalue weighted by molar-refractivity contribution is 0.488. The first-order valence-electron chi connectivity index (χ1n) is 7.57. The SMILES string of the molecule is CCCNC(CC1=CCCCC1)c1ccc(F)c(F)c1. The van der Waals surface area contributed by atoms with Gasteiger partial charge in [-0.05, 0) is 62.8 Å². The first kappa shape index (κ1) is 15.2. The molecule has 1 unspecified atom stereocenters. The lowest BCUT2D eigenvalue weighted by Crippen LogP contribution is -2.23. The van der Waals surface area contributed by atoms with Crippen molar-refractivity contribution in [2.45, 2.75) is 51.5 Å². The number of nitrogens with one attached hydrogen (secondary N) is 1. The molecule has 0 radical (unpaired) electrons. The monoisotopic (exact) mass is 279 g/mol. The van der Waals surface area contributed by atoms with Crippen LogP contribution in [-0.4, -0.2) is 6.54 Å². The number of benzene rings is 1. The number of halogens is 2. The Morgan fingerprint density at radius 2 is 2.05 bits per heavy atom. The Bertz CT molecular complexity index is 468. The van der Waals surface area contributed by atoms with E-state index in [1.54, 1.807) is 6.07 Å². The first-order chi connectivity index (χ1) is 9.70. The summed E-state index contributed by atoms with van der Waals surface area (Å²) in [6.45, 7) is 2.99. The Morgan fingerprint density at radius 1 is 1.20 bits per heavy atom. The van der Waals surface area contributed by atoms with Crippen molar-refractivity contribution in [3.05, 3.63) is 47.0 Å². The quantitative estimate of drug-likeness (QED) is 0.731. The van der Waals surface area contributed by atoms with Crippen LogP contribution in [-0.2, 0) is 0 Å². The van der Waals surface area contributed by atoms with Crippen molar-refractivity contribution in [2.24, 2.45) is 0 Å². The Hall–Kier alpha value is -1.22. The predicted molar refractivity (Wildman–Crippen MR) is 78.6 cm³/mol. The van der Waals surface area contributed by atoms with Gasteiger partial charge in [0.05, 0.1) is 0 Å². The van der Waals surface area contributed by atoms with Crippen LogP contribution in [0.1, 0.15) is 57.1 Å². The fourth-order valence-corrected chi connectivity index (χ4v) is 2.71. The summed E-state index contributed by atoms with van der Waals surface area (Å²) in [6.07, 6.45) is 9.02. The molecular weight excluding hydrogens is 256 g/mol. The second kappa shape index (κ2) is 7.53. The lowest BCUT2D eigenvalue weighted by atomic mass is 9.91.